The summed E-state index contributed by atoms with van der Waals surface area (Å²) in [6.07, 6.45) is 4.16. The molecule has 38 heavy (non-hydrogen) atoms. The average Bonchev–Trinajstić information content (AvgIpc) is 2.96. The summed E-state index contributed by atoms with van der Waals surface area (Å²) in [5.41, 5.74) is 6.20. The van der Waals surface area contributed by atoms with Crippen molar-refractivity contribution in [2.45, 2.75) is 17.7 Å². The quantitative estimate of drug-likeness (QED) is 0.195. The van der Waals surface area contributed by atoms with Gasteiger partial charge in [0, 0.05) is 36.4 Å². The number of carbonyl (C=O) groups is 2. The summed E-state index contributed by atoms with van der Waals surface area (Å²) >= 11 is 0. The van der Waals surface area contributed by atoms with E-state index in [-0.39, 0.29) is 11.4 Å². The van der Waals surface area contributed by atoms with Crippen molar-refractivity contribution in [3.8, 4) is 22.4 Å². The number of nitrogens with one attached hydrogen (secondary N) is 1. The standard InChI is InChI=1S/C27H25N5O5S/c28-31-26(33)22-14-25(30-24-11-12-29-15-23(22)24)19-5-3-17(4-6-19)18-7-9-21(10-8-18)38(36,37)32-13-1-2-20(16-32)27(34)35/h3-12,14-15,20H,1-2,13,16,28H2,(H,31,33)(H,34,35). The number of nitrogen functional groups attached to an aromatic ring is 1. The van der Waals surface area contributed by atoms with Crippen LogP contribution in [-0.2, 0) is 14.8 Å². The average molecular weight is 532 g/mol. The van der Waals surface area contributed by atoms with Crippen LogP contribution in [0.25, 0.3) is 33.3 Å². The lowest BCUT2D eigenvalue weighted by molar-refractivity contribution is -0.142. The second kappa shape index (κ2) is 10.3. The fourth-order valence-electron chi connectivity index (χ4n) is 4.65. The first-order valence-electron chi connectivity index (χ1n) is 12.0. The first-order chi connectivity index (χ1) is 18.3. The van der Waals surface area contributed by atoms with Crippen LogP contribution in [0.1, 0.15) is 23.2 Å². The van der Waals surface area contributed by atoms with Gasteiger partial charge >= 0.3 is 5.97 Å². The van der Waals surface area contributed by atoms with E-state index in [1.54, 1.807) is 48.8 Å². The fraction of sp³-hybridized carbons (Fsp3) is 0.185. The van der Waals surface area contributed by atoms with Gasteiger partial charge in [0.15, 0.2) is 0 Å². The maximum absolute atomic E-state index is 13.1. The van der Waals surface area contributed by atoms with E-state index in [0.717, 1.165) is 16.7 Å². The zero-order valence-corrected chi connectivity index (χ0v) is 21.1. The highest BCUT2D eigenvalue weighted by atomic mass is 32.2. The third-order valence-electron chi connectivity index (χ3n) is 6.73. The van der Waals surface area contributed by atoms with Crippen LogP contribution in [0.3, 0.4) is 0 Å². The first-order valence-corrected chi connectivity index (χ1v) is 13.4. The molecule has 1 aliphatic rings. The van der Waals surface area contributed by atoms with E-state index in [1.165, 1.54) is 4.31 Å². The molecule has 1 atom stereocenters. The SMILES string of the molecule is NNC(=O)c1cc(-c2ccc(-c3ccc(S(=O)(=O)N4CCCC(C(=O)O)C4)cc3)cc2)nc2ccncc12. The van der Waals surface area contributed by atoms with E-state index in [9.17, 15) is 23.1 Å². The normalized spacial score (nSPS) is 16.3. The third-order valence-corrected chi connectivity index (χ3v) is 8.60. The largest absolute Gasteiger partial charge is 0.481 e. The second-order valence-corrected chi connectivity index (χ2v) is 11.0. The van der Waals surface area contributed by atoms with E-state index < -0.39 is 27.8 Å². The molecule has 3 heterocycles. The molecule has 2 aromatic carbocycles. The van der Waals surface area contributed by atoms with Gasteiger partial charge in [0.25, 0.3) is 5.91 Å². The number of nitrogens with zero attached hydrogens (tertiary/aromatic N) is 3. The number of aromatic nitrogens is 2. The number of hydrogen-bond acceptors (Lipinski definition) is 7. The number of sulfonamides is 1. The van der Waals surface area contributed by atoms with Gasteiger partial charge in [-0.2, -0.15) is 4.31 Å². The summed E-state index contributed by atoms with van der Waals surface area (Å²) in [7, 11) is -3.79. The lowest BCUT2D eigenvalue weighted by atomic mass is 10.0. The second-order valence-electron chi connectivity index (χ2n) is 9.06. The molecule has 10 nitrogen and oxygen atoms in total. The molecular weight excluding hydrogens is 506 g/mol. The lowest BCUT2D eigenvalue weighted by Crippen LogP contribution is -2.42. The summed E-state index contributed by atoms with van der Waals surface area (Å²) in [4.78, 5) is 32.5. The van der Waals surface area contributed by atoms with Gasteiger partial charge in [0.05, 0.1) is 27.6 Å². The Balaban J connectivity index is 1.39. The van der Waals surface area contributed by atoms with Gasteiger partial charge in [-0.15, -0.1) is 0 Å². The Morgan fingerprint density at radius 3 is 2.32 bits per heavy atom. The summed E-state index contributed by atoms with van der Waals surface area (Å²) in [5, 5.41) is 9.88. The van der Waals surface area contributed by atoms with Crippen LogP contribution >= 0.6 is 0 Å². The van der Waals surface area contributed by atoms with Crippen LogP contribution in [0.5, 0.6) is 0 Å². The highest BCUT2D eigenvalue weighted by molar-refractivity contribution is 7.89. The summed E-state index contributed by atoms with van der Waals surface area (Å²) in [5.74, 6) is 3.26. The van der Waals surface area contributed by atoms with E-state index in [1.807, 2.05) is 24.3 Å². The van der Waals surface area contributed by atoms with Gasteiger partial charge in [-0.25, -0.2) is 19.2 Å². The molecule has 1 fully saturated rings. The zero-order chi connectivity index (χ0) is 26.9. The molecule has 4 N–H and O–H groups in total. The monoisotopic (exact) mass is 531 g/mol. The molecule has 5 rings (SSSR count). The Morgan fingerprint density at radius 1 is 1.00 bits per heavy atom. The number of hydrazine groups is 1. The van der Waals surface area contributed by atoms with Gasteiger partial charge in [-0.1, -0.05) is 36.4 Å². The third kappa shape index (κ3) is 4.86. The molecule has 194 valence electrons. The number of carbonyl (C=O) groups excluding carboxylic acids is 1. The van der Waals surface area contributed by atoms with Crippen molar-refractivity contribution < 1.29 is 23.1 Å². The van der Waals surface area contributed by atoms with Crippen molar-refractivity contribution in [1.82, 2.24) is 19.7 Å². The number of carboxylic acids is 1. The minimum absolute atomic E-state index is 0.0190. The van der Waals surface area contributed by atoms with Crippen molar-refractivity contribution in [1.29, 1.82) is 0 Å². The molecule has 1 amide bonds. The van der Waals surface area contributed by atoms with Gasteiger partial charge < -0.3 is 5.11 Å². The highest BCUT2D eigenvalue weighted by Crippen LogP contribution is 2.29. The summed E-state index contributed by atoms with van der Waals surface area (Å²) in [6, 6.07) is 17.5. The van der Waals surface area contributed by atoms with Crippen LogP contribution in [-0.4, -0.2) is 52.8 Å². The number of nitrogens with two attached hydrogens (primary N) is 1. The van der Waals surface area contributed by atoms with Gasteiger partial charge in [-0.05, 0) is 48.2 Å². The molecule has 1 aliphatic heterocycles. The Kier molecular flexibility index (Phi) is 6.89. The number of rotatable bonds is 6. The molecule has 0 saturated carbocycles. The van der Waals surface area contributed by atoms with Gasteiger partial charge in [-0.3, -0.25) is 20.0 Å². The molecule has 1 unspecified atom stereocenters. The first kappa shape index (κ1) is 25.5. The Bertz CT molecular complexity index is 1620. The number of amides is 1. The maximum atomic E-state index is 13.1. The van der Waals surface area contributed by atoms with Gasteiger partial charge in [0.2, 0.25) is 10.0 Å². The smallest absolute Gasteiger partial charge is 0.307 e. The van der Waals surface area contributed by atoms with Crippen LogP contribution in [0.4, 0.5) is 0 Å². The topological polar surface area (TPSA) is 156 Å². The molecule has 1 saturated heterocycles. The summed E-state index contributed by atoms with van der Waals surface area (Å²) < 4.78 is 27.4. The molecule has 0 aliphatic carbocycles. The van der Waals surface area contributed by atoms with Crippen LogP contribution in [0.2, 0.25) is 0 Å². The molecule has 0 bridgehead atoms. The molecule has 0 spiro atoms. The Hall–Kier alpha value is -4.19. The van der Waals surface area contributed by atoms with Crippen molar-refractivity contribution in [3.05, 3.63) is 78.6 Å². The van der Waals surface area contributed by atoms with E-state index >= 15 is 0 Å². The Labute approximate surface area is 219 Å². The van der Waals surface area contributed by atoms with E-state index in [2.05, 4.69) is 15.4 Å². The molecular formula is C27H25N5O5S. The maximum Gasteiger partial charge on any atom is 0.307 e. The number of hydrogen-bond donors (Lipinski definition) is 3. The van der Waals surface area contributed by atoms with Gasteiger partial charge in [0.1, 0.15) is 0 Å². The number of piperidine rings is 1. The minimum atomic E-state index is -3.79. The van der Waals surface area contributed by atoms with E-state index in [0.29, 0.717) is 41.5 Å². The molecule has 2 aromatic heterocycles. The number of pyridine rings is 2. The van der Waals surface area contributed by atoms with Crippen LogP contribution in [0, 0.1) is 5.92 Å². The lowest BCUT2D eigenvalue weighted by Gasteiger charge is -2.29. The predicted molar refractivity (Wildman–Crippen MR) is 141 cm³/mol. The van der Waals surface area contributed by atoms with Crippen LogP contribution < -0.4 is 11.3 Å². The molecule has 0 radical (unpaired) electrons. The highest BCUT2D eigenvalue weighted by Gasteiger charge is 2.33. The zero-order valence-electron chi connectivity index (χ0n) is 20.2. The number of benzene rings is 2. The number of fused-ring (bicyclic) bond motifs is 1. The fourth-order valence-corrected chi connectivity index (χ4v) is 6.17. The van der Waals surface area contributed by atoms with Crippen molar-refractivity contribution in [3.63, 3.8) is 0 Å². The minimum Gasteiger partial charge on any atom is -0.481 e. The number of carboxylic acid groups (broad SMARTS) is 1. The summed E-state index contributed by atoms with van der Waals surface area (Å²) in [6.45, 7) is 0.290. The molecule has 4 aromatic rings. The molecule has 11 heteroatoms. The van der Waals surface area contributed by atoms with E-state index in [4.69, 9.17) is 5.84 Å². The van der Waals surface area contributed by atoms with Crippen molar-refractivity contribution >= 4 is 32.8 Å². The Morgan fingerprint density at radius 2 is 1.66 bits per heavy atom. The van der Waals surface area contributed by atoms with Crippen molar-refractivity contribution in [2.24, 2.45) is 11.8 Å². The van der Waals surface area contributed by atoms with Crippen molar-refractivity contribution in [2.75, 3.05) is 13.1 Å². The predicted octanol–water partition coefficient (Wildman–Crippen LogP) is 3.05. The number of aliphatic carboxylic acids is 1. The van der Waals surface area contributed by atoms with Crippen LogP contribution in [0.15, 0.2) is 78.0 Å².